The van der Waals surface area contributed by atoms with Crippen LogP contribution in [0.4, 0.5) is 13.2 Å². The average molecular weight is 243 g/mol. The average Bonchev–Trinajstić information content (AvgIpc) is 2.57. The summed E-state index contributed by atoms with van der Waals surface area (Å²) in [5, 5.41) is 15.3. The summed E-state index contributed by atoms with van der Waals surface area (Å²) in [6.07, 6.45) is -2.06. The lowest BCUT2D eigenvalue weighted by molar-refractivity contribution is -0.192. The van der Waals surface area contributed by atoms with Gasteiger partial charge in [-0.15, -0.1) is 0 Å². The fourth-order valence-electron chi connectivity index (χ4n) is 0.907. The molecule has 1 aliphatic heterocycles. The second-order valence-corrected chi connectivity index (χ2v) is 2.80. The van der Waals surface area contributed by atoms with Crippen LogP contribution in [0.3, 0.4) is 0 Å². The first-order valence-corrected chi connectivity index (χ1v) is 4.16. The summed E-state index contributed by atoms with van der Waals surface area (Å²) in [5.41, 5.74) is 0. The maximum Gasteiger partial charge on any atom is 0.490 e. The van der Waals surface area contributed by atoms with Crippen molar-refractivity contribution in [1.29, 1.82) is 5.26 Å². The molecule has 0 aromatic heterocycles. The molecule has 0 bridgehead atoms. The minimum Gasteiger partial charge on any atom is -0.475 e. The number of carbonyl (C=O) groups is 1. The van der Waals surface area contributed by atoms with E-state index in [4.69, 9.17) is 19.9 Å². The van der Waals surface area contributed by atoms with Gasteiger partial charge in [0.2, 0.25) is 0 Å². The maximum absolute atomic E-state index is 10.6. The summed E-state index contributed by atoms with van der Waals surface area (Å²) >= 11 is 0. The summed E-state index contributed by atoms with van der Waals surface area (Å²) < 4.78 is 36.9. The van der Waals surface area contributed by atoms with Crippen LogP contribution in [0.5, 0.6) is 0 Å². The van der Waals surface area contributed by atoms with Gasteiger partial charge in [-0.25, -0.2) is 4.79 Å². The summed E-state index contributed by atoms with van der Waals surface area (Å²) in [4.78, 5) is 8.90. The fourth-order valence-corrected chi connectivity index (χ4v) is 0.907. The Morgan fingerprint density at radius 2 is 2.06 bits per heavy atom. The number of carboxylic acid groups (broad SMARTS) is 1. The van der Waals surface area contributed by atoms with Gasteiger partial charge in [-0.1, -0.05) is 0 Å². The molecule has 0 aromatic rings. The second kappa shape index (κ2) is 7.90. The zero-order valence-electron chi connectivity index (χ0n) is 8.25. The summed E-state index contributed by atoms with van der Waals surface area (Å²) in [6.45, 7) is 0.854. The van der Waals surface area contributed by atoms with Crippen molar-refractivity contribution >= 4 is 5.97 Å². The Bertz CT molecular complexity index is 243. The van der Waals surface area contributed by atoms with Crippen LogP contribution < -0.4 is 0 Å². The van der Waals surface area contributed by atoms with E-state index in [0.29, 0.717) is 6.42 Å². The molecule has 0 aromatic carbocycles. The van der Waals surface area contributed by atoms with Crippen LogP contribution in [0.2, 0.25) is 0 Å². The third kappa shape index (κ3) is 8.02. The van der Waals surface area contributed by atoms with Gasteiger partial charge in [0.15, 0.2) is 0 Å². The molecule has 1 aliphatic rings. The highest BCUT2D eigenvalue weighted by Gasteiger charge is 2.38. The predicted molar refractivity (Wildman–Crippen MR) is 46.5 cm³/mol. The monoisotopic (exact) mass is 243 g/mol. The maximum atomic E-state index is 10.6. The molecule has 94 valence electrons. The molecule has 0 spiro atoms. The van der Waals surface area contributed by atoms with Crippen LogP contribution >= 0.6 is 0 Å². The SMILES string of the molecule is N#CCC1CCCO1.O.O=C(O)C(F)(F)F. The van der Waals surface area contributed by atoms with Crippen molar-refractivity contribution in [2.24, 2.45) is 0 Å². The van der Waals surface area contributed by atoms with Gasteiger partial charge in [0.1, 0.15) is 0 Å². The van der Waals surface area contributed by atoms with Crippen LogP contribution in [0.25, 0.3) is 0 Å². The van der Waals surface area contributed by atoms with Gasteiger partial charge in [-0.3, -0.25) is 0 Å². The first kappa shape index (κ1) is 17.1. The van der Waals surface area contributed by atoms with E-state index in [-0.39, 0.29) is 11.6 Å². The number of alkyl halides is 3. The normalized spacial score (nSPS) is 18.8. The van der Waals surface area contributed by atoms with Gasteiger partial charge in [-0.2, -0.15) is 18.4 Å². The van der Waals surface area contributed by atoms with Crippen LogP contribution in [0, 0.1) is 11.3 Å². The number of ether oxygens (including phenoxy) is 1. The van der Waals surface area contributed by atoms with Crippen molar-refractivity contribution in [3.8, 4) is 6.07 Å². The lowest BCUT2D eigenvalue weighted by atomic mass is 10.2. The molecule has 8 heteroatoms. The van der Waals surface area contributed by atoms with E-state index in [2.05, 4.69) is 6.07 Å². The molecule has 1 atom stereocenters. The van der Waals surface area contributed by atoms with Gasteiger partial charge >= 0.3 is 12.1 Å². The van der Waals surface area contributed by atoms with E-state index in [0.717, 1.165) is 19.4 Å². The summed E-state index contributed by atoms with van der Waals surface area (Å²) in [5.74, 6) is -2.76. The largest absolute Gasteiger partial charge is 0.490 e. The number of nitrogens with zero attached hydrogens (tertiary/aromatic N) is 1. The van der Waals surface area contributed by atoms with Gasteiger partial charge in [0, 0.05) is 6.61 Å². The molecule has 0 amide bonds. The molecular weight excluding hydrogens is 231 g/mol. The molecule has 5 nitrogen and oxygen atoms in total. The zero-order chi connectivity index (χ0) is 11.9. The summed E-state index contributed by atoms with van der Waals surface area (Å²) in [6, 6.07) is 2.08. The third-order valence-electron chi connectivity index (χ3n) is 1.59. The van der Waals surface area contributed by atoms with Crippen LogP contribution in [-0.2, 0) is 9.53 Å². The standard InChI is InChI=1S/C6H9NO.C2HF3O2.H2O/c7-4-3-6-2-1-5-8-6;3-2(4,5)1(6)7;/h6H,1-3,5H2;(H,6,7);1H2. The second-order valence-electron chi connectivity index (χ2n) is 2.80. The molecule has 0 aliphatic carbocycles. The van der Waals surface area contributed by atoms with Crippen LogP contribution in [0.1, 0.15) is 19.3 Å². The topological polar surface area (TPSA) is 102 Å². The van der Waals surface area contributed by atoms with Crippen LogP contribution in [-0.4, -0.2) is 35.4 Å². The lowest BCUT2D eigenvalue weighted by Gasteiger charge is -1.99. The molecule has 3 N–H and O–H groups in total. The minimum absolute atomic E-state index is 0. The van der Waals surface area contributed by atoms with E-state index in [1.165, 1.54) is 0 Å². The molecule has 1 rings (SSSR count). The number of halogens is 3. The van der Waals surface area contributed by atoms with Gasteiger partial charge in [-0.05, 0) is 12.8 Å². The summed E-state index contributed by atoms with van der Waals surface area (Å²) in [7, 11) is 0. The third-order valence-corrected chi connectivity index (χ3v) is 1.59. The highest BCUT2D eigenvalue weighted by molar-refractivity contribution is 5.73. The number of aliphatic carboxylic acids is 1. The minimum atomic E-state index is -5.08. The van der Waals surface area contributed by atoms with Crippen molar-refractivity contribution in [3.05, 3.63) is 0 Å². The number of nitriles is 1. The quantitative estimate of drug-likeness (QED) is 0.738. The predicted octanol–water partition coefficient (Wildman–Crippen LogP) is 0.888. The van der Waals surface area contributed by atoms with Crippen molar-refractivity contribution in [1.82, 2.24) is 0 Å². The van der Waals surface area contributed by atoms with Gasteiger partial charge in [0.05, 0.1) is 18.6 Å². The van der Waals surface area contributed by atoms with Crippen molar-refractivity contribution in [3.63, 3.8) is 0 Å². The number of carboxylic acids is 1. The Kier molecular flexibility index (Phi) is 8.43. The highest BCUT2D eigenvalue weighted by Crippen LogP contribution is 2.14. The van der Waals surface area contributed by atoms with Crippen molar-refractivity contribution < 1.29 is 33.3 Å². The molecular formula is C8H12F3NO4. The van der Waals surface area contributed by atoms with E-state index < -0.39 is 12.1 Å². The Labute approximate surface area is 89.7 Å². The highest BCUT2D eigenvalue weighted by atomic mass is 19.4. The van der Waals surface area contributed by atoms with Crippen molar-refractivity contribution in [2.45, 2.75) is 31.5 Å². The smallest absolute Gasteiger partial charge is 0.475 e. The molecule has 1 unspecified atom stereocenters. The van der Waals surface area contributed by atoms with Crippen LogP contribution in [0.15, 0.2) is 0 Å². The number of hydrogen-bond donors (Lipinski definition) is 1. The van der Waals surface area contributed by atoms with Gasteiger partial charge in [0.25, 0.3) is 0 Å². The first-order chi connectivity index (χ1) is 6.88. The van der Waals surface area contributed by atoms with E-state index in [9.17, 15) is 13.2 Å². The number of rotatable bonds is 1. The van der Waals surface area contributed by atoms with E-state index in [1.807, 2.05) is 0 Å². The Morgan fingerprint density at radius 3 is 2.31 bits per heavy atom. The Balaban J connectivity index is 0. The Morgan fingerprint density at radius 1 is 1.56 bits per heavy atom. The van der Waals surface area contributed by atoms with E-state index >= 15 is 0 Å². The lowest BCUT2D eigenvalue weighted by Crippen LogP contribution is -2.21. The number of hydrogen-bond acceptors (Lipinski definition) is 3. The molecule has 1 heterocycles. The Hall–Kier alpha value is -1.33. The molecule has 1 fully saturated rings. The molecule has 16 heavy (non-hydrogen) atoms. The zero-order valence-corrected chi connectivity index (χ0v) is 8.25. The molecule has 0 saturated carbocycles. The molecule has 0 radical (unpaired) electrons. The fraction of sp³-hybridized carbons (Fsp3) is 0.750. The van der Waals surface area contributed by atoms with Crippen molar-refractivity contribution in [2.75, 3.05) is 6.61 Å². The molecule has 1 saturated heterocycles. The van der Waals surface area contributed by atoms with Gasteiger partial charge < -0.3 is 15.3 Å². The first-order valence-electron chi connectivity index (χ1n) is 4.16. The van der Waals surface area contributed by atoms with E-state index in [1.54, 1.807) is 0 Å².